The highest BCUT2D eigenvalue weighted by atomic mass is 35.5. The molecule has 1 amide bonds. The Morgan fingerprint density at radius 1 is 0.875 bits per heavy atom. The second kappa shape index (κ2) is 13.6. The van der Waals surface area contributed by atoms with Gasteiger partial charge in [0.25, 0.3) is 5.91 Å². The summed E-state index contributed by atoms with van der Waals surface area (Å²) in [6.45, 7) is 4.62. The topological polar surface area (TPSA) is 86.2 Å². The van der Waals surface area contributed by atoms with Gasteiger partial charge in [0.15, 0.2) is 11.5 Å². The van der Waals surface area contributed by atoms with Crippen molar-refractivity contribution < 1.29 is 23.8 Å². The van der Waals surface area contributed by atoms with Crippen LogP contribution in [0.3, 0.4) is 0 Å². The van der Waals surface area contributed by atoms with Gasteiger partial charge in [-0.1, -0.05) is 53.0 Å². The van der Waals surface area contributed by atoms with E-state index in [4.69, 9.17) is 37.4 Å². The largest absolute Gasteiger partial charge is 0.490 e. The van der Waals surface area contributed by atoms with Gasteiger partial charge in [0, 0.05) is 10.6 Å². The minimum Gasteiger partial charge on any atom is -0.490 e. The number of benzene rings is 4. The number of aryl methyl sites for hydroxylation is 1. The van der Waals surface area contributed by atoms with Gasteiger partial charge < -0.3 is 14.2 Å². The van der Waals surface area contributed by atoms with Crippen molar-refractivity contribution in [3.8, 4) is 17.2 Å². The van der Waals surface area contributed by atoms with Crippen molar-refractivity contribution in [3.05, 3.63) is 123 Å². The Balaban J connectivity index is 1.35. The first kappa shape index (κ1) is 28.7. The number of nitrogens with one attached hydrogen (secondary N) is 1. The third kappa shape index (κ3) is 7.85. The maximum absolute atomic E-state index is 12.6. The zero-order valence-electron chi connectivity index (χ0n) is 21.8. The van der Waals surface area contributed by atoms with Crippen molar-refractivity contribution in [2.24, 2.45) is 5.10 Å². The van der Waals surface area contributed by atoms with Crippen LogP contribution in [0.25, 0.3) is 0 Å². The number of hydrazone groups is 1. The van der Waals surface area contributed by atoms with Crippen molar-refractivity contribution in [1.82, 2.24) is 5.43 Å². The molecular weight excluding hydrogens is 551 g/mol. The Hall–Kier alpha value is -4.33. The van der Waals surface area contributed by atoms with Gasteiger partial charge in [-0.2, -0.15) is 5.10 Å². The number of hydrogen-bond donors (Lipinski definition) is 1. The number of ether oxygens (including phenoxy) is 3. The predicted octanol–water partition coefficient (Wildman–Crippen LogP) is 7.26. The van der Waals surface area contributed by atoms with Crippen LogP contribution in [0, 0.1) is 6.92 Å². The minimum absolute atomic E-state index is 0.174. The second-order valence-corrected chi connectivity index (χ2v) is 9.49. The maximum atomic E-state index is 12.6. The molecule has 1 N–H and O–H groups in total. The Kier molecular flexibility index (Phi) is 9.78. The normalized spacial score (nSPS) is 10.8. The summed E-state index contributed by atoms with van der Waals surface area (Å²) in [5.41, 5.74) is 5.97. The van der Waals surface area contributed by atoms with Crippen molar-refractivity contribution in [2.75, 3.05) is 6.61 Å². The molecule has 0 spiro atoms. The van der Waals surface area contributed by atoms with Gasteiger partial charge in [0.2, 0.25) is 0 Å². The monoisotopic (exact) mass is 576 g/mol. The van der Waals surface area contributed by atoms with Gasteiger partial charge in [-0.05, 0) is 85.6 Å². The van der Waals surface area contributed by atoms with E-state index in [9.17, 15) is 9.59 Å². The molecule has 40 heavy (non-hydrogen) atoms. The fourth-order valence-corrected chi connectivity index (χ4v) is 4.04. The SMILES string of the molecule is CCOc1cc(/C=N\NC(=O)c2ccc(OCc3ccc(C)cc3)cc2)ccc1OC(=O)c1ccc(Cl)cc1Cl. The summed E-state index contributed by atoms with van der Waals surface area (Å²) in [5, 5.41) is 4.62. The van der Waals surface area contributed by atoms with Gasteiger partial charge in [-0.25, -0.2) is 10.2 Å². The lowest BCUT2D eigenvalue weighted by Crippen LogP contribution is -2.17. The molecular formula is C31H26Cl2N2O5. The van der Waals surface area contributed by atoms with Crippen molar-refractivity contribution in [1.29, 1.82) is 0 Å². The molecule has 0 heterocycles. The summed E-state index contributed by atoms with van der Waals surface area (Å²) in [6.07, 6.45) is 1.46. The number of carbonyl (C=O) groups is 2. The summed E-state index contributed by atoms with van der Waals surface area (Å²) < 4.78 is 16.9. The van der Waals surface area contributed by atoms with E-state index in [-0.39, 0.29) is 22.2 Å². The fourth-order valence-electron chi connectivity index (χ4n) is 3.55. The Morgan fingerprint density at radius 3 is 2.33 bits per heavy atom. The van der Waals surface area contributed by atoms with E-state index in [1.807, 2.05) is 38.1 Å². The van der Waals surface area contributed by atoms with Crippen LogP contribution in [0.15, 0.2) is 90.0 Å². The van der Waals surface area contributed by atoms with Crippen LogP contribution in [0.1, 0.15) is 44.3 Å². The van der Waals surface area contributed by atoms with Crippen LogP contribution in [0.4, 0.5) is 0 Å². The van der Waals surface area contributed by atoms with Crippen LogP contribution in [-0.2, 0) is 6.61 Å². The standard InChI is InChI=1S/C31H26Cl2N2O5/c1-3-38-29-16-22(8-15-28(29)40-31(37)26-14-11-24(32)17-27(26)33)18-34-35-30(36)23-9-12-25(13-10-23)39-19-21-6-4-20(2)5-7-21/h4-18H,3,19H2,1-2H3,(H,35,36)/b34-18-. The molecule has 0 saturated carbocycles. The fraction of sp³-hybridized carbons (Fsp3) is 0.129. The quantitative estimate of drug-likeness (QED) is 0.0928. The van der Waals surface area contributed by atoms with Crippen molar-refractivity contribution >= 4 is 41.3 Å². The number of esters is 1. The number of carbonyl (C=O) groups excluding carboxylic acids is 2. The van der Waals surface area contributed by atoms with E-state index in [2.05, 4.69) is 10.5 Å². The molecule has 4 rings (SSSR count). The third-order valence-electron chi connectivity index (χ3n) is 5.64. The minimum atomic E-state index is -0.650. The molecule has 9 heteroatoms. The van der Waals surface area contributed by atoms with E-state index in [0.29, 0.717) is 40.9 Å². The molecule has 4 aromatic carbocycles. The molecule has 0 aromatic heterocycles. The zero-order chi connectivity index (χ0) is 28.5. The first-order valence-corrected chi connectivity index (χ1v) is 13.1. The molecule has 0 bridgehead atoms. The third-order valence-corrected chi connectivity index (χ3v) is 6.19. The summed E-state index contributed by atoms with van der Waals surface area (Å²) in [7, 11) is 0. The van der Waals surface area contributed by atoms with Gasteiger partial charge in [0.05, 0.1) is 23.4 Å². The molecule has 0 radical (unpaired) electrons. The zero-order valence-corrected chi connectivity index (χ0v) is 23.3. The number of hydrogen-bond acceptors (Lipinski definition) is 6. The molecule has 0 saturated heterocycles. The van der Waals surface area contributed by atoms with Gasteiger partial charge >= 0.3 is 5.97 Å². The summed E-state index contributed by atoms with van der Waals surface area (Å²) in [6, 6.07) is 24.3. The number of halogens is 2. The number of rotatable bonds is 10. The molecule has 0 aliphatic carbocycles. The van der Waals surface area contributed by atoms with Crippen LogP contribution in [0.5, 0.6) is 17.2 Å². The molecule has 0 atom stereocenters. The van der Waals surface area contributed by atoms with Crippen molar-refractivity contribution in [2.45, 2.75) is 20.5 Å². The predicted molar refractivity (Wildman–Crippen MR) is 156 cm³/mol. The highest BCUT2D eigenvalue weighted by Gasteiger charge is 2.16. The summed E-state index contributed by atoms with van der Waals surface area (Å²) in [5.74, 6) is 0.170. The van der Waals surface area contributed by atoms with E-state index in [0.717, 1.165) is 5.56 Å². The van der Waals surface area contributed by atoms with Gasteiger partial charge in [-0.3, -0.25) is 4.79 Å². The summed E-state index contributed by atoms with van der Waals surface area (Å²) in [4.78, 5) is 25.1. The number of nitrogens with zero attached hydrogens (tertiary/aromatic N) is 1. The Labute approximate surface area is 242 Å². The lowest BCUT2D eigenvalue weighted by Gasteiger charge is -2.12. The highest BCUT2D eigenvalue weighted by Crippen LogP contribution is 2.30. The average molecular weight is 577 g/mol. The lowest BCUT2D eigenvalue weighted by molar-refractivity contribution is 0.0728. The second-order valence-electron chi connectivity index (χ2n) is 8.65. The van der Waals surface area contributed by atoms with Crippen molar-refractivity contribution in [3.63, 3.8) is 0 Å². The summed E-state index contributed by atoms with van der Waals surface area (Å²) >= 11 is 12.0. The number of amides is 1. The van der Waals surface area contributed by atoms with Crippen LogP contribution in [0.2, 0.25) is 10.0 Å². The van der Waals surface area contributed by atoms with E-state index in [1.165, 1.54) is 23.9 Å². The lowest BCUT2D eigenvalue weighted by atomic mass is 10.2. The van der Waals surface area contributed by atoms with Crippen LogP contribution in [-0.4, -0.2) is 24.7 Å². The smallest absolute Gasteiger partial charge is 0.345 e. The molecule has 204 valence electrons. The van der Waals surface area contributed by atoms with Gasteiger partial charge in [0.1, 0.15) is 12.4 Å². The molecule has 0 aliphatic rings. The molecule has 0 fully saturated rings. The molecule has 7 nitrogen and oxygen atoms in total. The molecule has 0 unspecified atom stereocenters. The van der Waals surface area contributed by atoms with E-state index in [1.54, 1.807) is 48.5 Å². The van der Waals surface area contributed by atoms with E-state index < -0.39 is 5.97 Å². The first-order chi connectivity index (χ1) is 19.3. The van der Waals surface area contributed by atoms with Crippen LogP contribution >= 0.6 is 23.2 Å². The average Bonchev–Trinajstić information content (AvgIpc) is 2.94. The highest BCUT2D eigenvalue weighted by molar-refractivity contribution is 6.36. The Bertz CT molecular complexity index is 1520. The van der Waals surface area contributed by atoms with Gasteiger partial charge in [-0.15, -0.1) is 0 Å². The molecule has 4 aromatic rings. The Morgan fingerprint density at radius 2 is 1.62 bits per heavy atom. The first-order valence-electron chi connectivity index (χ1n) is 12.4. The maximum Gasteiger partial charge on any atom is 0.345 e. The molecule has 0 aliphatic heterocycles. The van der Waals surface area contributed by atoms with E-state index >= 15 is 0 Å². The van der Waals surface area contributed by atoms with Crippen LogP contribution < -0.4 is 19.6 Å².